The molecule has 1 aromatic carbocycles. The van der Waals surface area contributed by atoms with Crippen LogP contribution in [-0.4, -0.2) is 63.7 Å². The van der Waals surface area contributed by atoms with Crippen LogP contribution in [0.15, 0.2) is 46.1 Å². The summed E-state index contributed by atoms with van der Waals surface area (Å²) in [6.07, 6.45) is 1.33. The van der Waals surface area contributed by atoms with Crippen molar-refractivity contribution in [2.45, 2.75) is 5.75 Å². The molecule has 1 aliphatic heterocycles. The summed E-state index contributed by atoms with van der Waals surface area (Å²) in [6, 6.07) is 7.91. The summed E-state index contributed by atoms with van der Waals surface area (Å²) in [5.74, 6) is -0.113. The van der Waals surface area contributed by atoms with Crippen molar-refractivity contribution < 1.29 is 17.3 Å². The fourth-order valence-electron chi connectivity index (χ4n) is 2.87. The van der Waals surface area contributed by atoms with E-state index < -0.39 is 10.0 Å². The Morgan fingerprint density at radius 3 is 2.52 bits per heavy atom. The zero-order chi connectivity index (χ0) is 20.0. The van der Waals surface area contributed by atoms with Gasteiger partial charge in [0.2, 0.25) is 10.0 Å². The van der Waals surface area contributed by atoms with Gasteiger partial charge in [-0.15, -0.1) is 24.0 Å². The first-order valence-electron chi connectivity index (χ1n) is 8.85. The molecule has 0 unspecified atom stereocenters. The summed E-state index contributed by atoms with van der Waals surface area (Å²) in [5, 5.41) is 3.58. The summed E-state index contributed by atoms with van der Waals surface area (Å²) < 4.78 is 44.0. The first-order chi connectivity index (χ1) is 13.4. The number of sulfonamides is 1. The quantitative estimate of drug-likeness (QED) is 0.234. The number of aliphatic imine (C=N–C) groups is 1. The third-order valence-electron chi connectivity index (χ3n) is 4.33. The second-order valence-corrected chi connectivity index (χ2v) is 8.14. The lowest BCUT2D eigenvalue weighted by Gasteiger charge is -2.36. The number of hydrogen-bond donors (Lipinski definition) is 2. The van der Waals surface area contributed by atoms with Crippen LogP contribution in [0.4, 0.5) is 10.1 Å². The van der Waals surface area contributed by atoms with Gasteiger partial charge in [-0.1, -0.05) is 5.16 Å². The smallest absolute Gasteiger partial charge is 0.217 e. The average molecular weight is 538 g/mol. The fraction of sp³-hybridized carbons (Fsp3) is 0.412. The van der Waals surface area contributed by atoms with Crippen molar-refractivity contribution >= 4 is 45.6 Å². The minimum absolute atomic E-state index is 0. The van der Waals surface area contributed by atoms with Crippen LogP contribution < -0.4 is 15.4 Å². The van der Waals surface area contributed by atoms with E-state index in [2.05, 4.69) is 24.3 Å². The number of rotatable bonds is 7. The summed E-state index contributed by atoms with van der Waals surface area (Å²) in [4.78, 5) is 8.35. The molecule has 2 aromatic rings. The van der Waals surface area contributed by atoms with Crippen LogP contribution in [0.1, 0.15) is 5.69 Å². The highest BCUT2D eigenvalue weighted by Crippen LogP contribution is 2.16. The van der Waals surface area contributed by atoms with Crippen LogP contribution in [0.2, 0.25) is 0 Å². The lowest BCUT2D eigenvalue weighted by molar-refractivity contribution is 0.381. The van der Waals surface area contributed by atoms with E-state index in [1.807, 2.05) is 4.90 Å². The Labute approximate surface area is 186 Å². The Morgan fingerprint density at radius 2 is 1.90 bits per heavy atom. The van der Waals surface area contributed by atoms with Crippen LogP contribution in [0.5, 0.6) is 0 Å². The van der Waals surface area contributed by atoms with E-state index in [1.165, 1.54) is 24.5 Å². The Hall–Kier alpha value is -1.93. The molecule has 0 saturated carbocycles. The van der Waals surface area contributed by atoms with Crippen molar-refractivity contribution in [3.63, 3.8) is 0 Å². The van der Waals surface area contributed by atoms with Crippen molar-refractivity contribution in [2.24, 2.45) is 10.7 Å². The molecule has 1 saturated heterocycles. The molecule has 1 fully saturated rings. The van der Waals surface area contributed by atoms with Gasteiger partial charge in [-0.25, -0.2) is 17.5 Å². The monoisotopic (exact) mass is 538 g/mol. The summed E-state index contributed by atoms with van der Waals surface area (Å²) in [6.45, 7) is 3.24. The molecule has 0 radical (unpaired) electrons. The van der Waals surface area contributed by atoms with Gasteiger partial charge >= 0.3 is 0 Å². The number of benzene rings is 1. The van der Waals surface area contributed by atoms with Crippen LogP contribution >= 0.6 is 24.0 Å². The number of piperazine rings is 1. The molecule has 0 atom stereocenters. The SMILES string of the molecule is I.NC(=NCCNS(=O)(=O)Cc1ccon1)N1CCN(c2ccc(F)cc2)CC1. The van der Waals surface area contributed by atoms with Gasteiger partial charge in [-0.3, -0.25) is 4.99 Å². The van der Waals surface area contributed by atoms with Gasteiger partial charge in [-0.2, -0.15) is 0 Å². The molecule has 0 bridgehead atoms. The molecule has 0 amide bonds. The molecule has 1 aliphatic rings. The molecule has 9 nitrogen and oxygen atoms in total. The van der Waals surface area contributed by atoms with E-state index in [0.29, 0.717) is 24.7 Å². The molecule has 160 valence electrons. The van der Waals surface area contributed by atoms with Crippen molar-refractivity contribution in [1.82, 2.24) is 14.8 Å². The number of halogens is 2. The second kappa shape index (κ2) is 10.7. The Kier molecular flexibility index (Phi) is 8.64. The molecule has 29 heavy (non-hydrogen) atoms. The lowest BCUT2D eigenvalue weighted by Crippen LogP contribution is -2.51. The largest absolute Gasteiger partial charge is 0.370 e. The van der Waals surface area contributed by atoms with Gasteiger partial charge in [-0.05, 0) is 24.3 Å². The average Bonchev–Trinajstić information content (AvgIpc) is 3.18. The van der Waals surface area contributed by atoms with E-state index in [0.717, 1.165) is 18.8 Å². The van der Waals surface area contributed by atoms with Crippen molar-refractivity contribution in [1.29, 1.82) is 0 Å². The molecule has 0 spiro atoms. The molecule has 2 heterocycles. The molecule has 3 rings (SSSR count). The number of guanidine groups is 1. The van der Waals surface area contributed by atoms with Crippen LogP contribution in [0, 0.1) is 5.82 Å². The molecular weight excluding hydrogens is 514 g/mol. The summed E-state index contributed by atoms with van der Waals surface area (Å²) >= 11 is 0. The van der Waals surface area contributed by atoms with E-state index >= 15 is 0 Å². The van der Waals surface area contributed by atoms with Gasteiger partial charge in [0.15, 0.2) is 5.96 Å². The van der Waals surface area contributed by atoms with Crippen molar-refractivity contribution in [3.05, 3.63) is 48.1 Å². The van der Waals surface area contributed by atoms with Gasteiger partial charge < -0.3 is 20.1 Å². The third kappa shape index (κ3) is 7.12. The normalized spacial score (nSPS) is 15.3. The van der Waals surface area contributed by atoms with E-state index in [9.17, 15) is 12.8 Å². The Morgan fingerprint density at radius 1 is 1.21 bits per heavy atom. The summed E-state index contributed by atoms with van der Waals surface area (Å²) in [7, 11) is -3.50. The zero-order valence-corrected chi connectivity index (χ0v) is 18.8. The summed E-state index contributed by atoms with van der Waals surface area (Å²) in [5.41, 5.74) is 7.33. The minimum atomic E-state index is -3.50. The molecule has 3 N–H and O–H groups in total. The Bertz CT molecular complexity index is 884. The standard InChI is InChI=1S/C17H23FN6O3S.HI/c18-14-1-3-16(4-2-14)23-8-10-24(11-9-23)17(19)20-6-7-21-28(25,26)13-15-5-12-27-22-15;/h1-5,12,21H,6-11,13H2,(H2,19,20);1H. The predicted molar refractivity (Wildman–Crippen MR) is 119 cm³/mol. The highest BCUT2D eigenvalue weighted by molar-refractivity contribution is 14.0. The van der Waals surface area contributed by atoms with Crippen LogP contribution in [-0.2, 0) is 15.8 Å². The van der Waals surface area contributed by atoms with Crippen molar-refractivity contribution in [2.75, 3.05) is 44.2 Å². The molecule has 0 aliphatic carbocycles. The fourth-order valence-corrected chi connectivity index (χ4v) is 3.92. The maximum atomic E-state index is 13.0. The van der Waals surface area contributed by atoms with E-state index in [1.54, 1.807) is 12.1 Å². The number of nitrogens with one attached hydrogen (secondary N) is 1. The van der Waals surface area contributed by atoms with E-state index in [4.69, 9.17) is 5.73 Å². The minimum Gasteiger partial charge on any atom is -0.370 e. The van der Waals surface area contributed by atoms with Gasteiger partial charge in [0, 0.05) is 44.5 Å². The number of aromatic nitrogens is 1. The van der Waals surface area contributed by atoms with Gasteiger partial charge in [0.1, 0.15) is 17.8 Å². The molecule has 12 heteroatoms. The number of nitrogens with two attached hydrogens (primary N) is 1. The second-order valence-electron chi connectivity index (χ2n) is 6.33. The third-order valence-corrected chi connectivity index (χ3v) is 5.65. The molecule has 1 aromatic heterocycles. The van der Waals surface area contributed by atoms with Crippen LogP contribution in [0.25, 0.3) is 0 Å². The van der Waals surface area contributed by atoms with Crippen molar-refractivity contribution in [3.8, 4) is 0 Å². The number of hydrogen-bond acceptors (Lipinski definition) is 6. The lowest BCUT2D eigenvalue weighted by atomic mass is 10.2. The predicted octanol–water partition coefficient (Wildman–Crippen LogP) is 0.988. The maximum absolute atomic E-state index is 13.0. The first kappa shape index (κ1) is 23.3. The highest BCUT2D eigenvalue weighted by atomic mass is 127. The number of anilines is 1. The zero-order valence-electron chi connectivity index (χ0n) is 15.7. The van der Waals surface area contributed by atoms with Gasteiger partial charge in [0.05, 0.1) is 12.2 Å². The number of nitrogens with zero attached hydrogens (tertiary/aromatic N) is 4. The maximum Gasteiger partial charge on any atom is 0.217 e. The topological polar surface area (TPSA) is 117 Å². The van der Waals surface area contributed by atoms with E-state index in [-0.39, 0.29) is 48.6 Å². The Balaban J connectivity index is 0.00000300. The van der Waals surface area contributed by atoms with Gasteiger partial charge in [0.25, 0.3) is 0 Å². The van der Waals surface area contributed by atoms with Crippen LogP contribution in [0.3, 0.4) is 0 Å². The first-order valence-corrected chi connectivity index (χ1v) is 10.5. The highest BCUT2D eigenvalue weighted by Gasteiger charge is 2.18. The molecular formula is C17H24FIN6O3S.